The van der Waals surface area contributed by atoms with Gasteiger partial charge in [-0.1, -0.05) is 36.9 Å². The quantitative estimate of drug-likeness (QED) is 0.622. The van der Waals surface area contributed by atoms with E-state index in [1.165, 1.54) is 12.5 Å². The van der Waals surface area contributed by atoms with E-state index in [1.54, 1.807) is 18.2 Å². The Morgan fingerprint density at radius 2 is 1.91 bits per heavy atom. The van der Waals surface area contributed by atoms with E-state index in [1.807, 2.05) is 0 Å². The zero-order chi connectivity index (χ0) is 16.8. The lowest BCUT2D eigenvalue weighted by Gasteiger charge is -2.30. The van der Waals surface area contributed by atoms with Gasteiger partial charge in [0.1, 0.15) is 6.10 Å². The molecule has 7 heteroatoms. The molecule has 1 aliphatic rings. The van der Waals surface area contributed by atoms with Crippen molar-refractivity contribution < 1.29 is 14.7 Å². The van der Waals surface area contributed by atoms with E-state index in [0.29, 0.717) is 10.6 Å². The van der Waals surface area contributed by atoms with Crippen molar-refractivity contribution in [2.45, 2.75) is 44.2 Å². The number of hydrazine groups is 1. The Hall–Kier alpha value is -1.63. The summed E-state index contributed by atoms with van der Waals surface area (Å²) in [5, 5.41) is 10.5. The molecule has 1 aliphatic carbocycles. The van der Waals surface area contributed by atoms with Crippen LogP contribution in [0.3, 0.4) is 0 Å². The van der Waals surface area contributed by atoms with Gasteiger partial charge in [0, 0.05) is 16.6 Å². The van der Waals surface area contributed by atoms with Crippen LogP contribution in [0.25, 0.3) is 0 Å². The lowest BCUT2D eigenvalue weighted by Crippen LogP contribution is -2.54. The Bertz CT molecular complexity index is 561. The Morgan fingerprint density at radius 1 is 1.22 bits per heavy atom. The van der Waals surface area contributed by atoms with Crippen molar-refractivity contribution >= 4 is 23.4 Å². The van der Waals surface area contributed by atoms with Crippen LogP contribution in [0.2, 0.25) is 5.02 Å². The number of aliphatic hydroxyl groups is 1. The van der Waals surface area contributed by atoms with E-state index >= 15 is 0 Å². The lowest BCUT2D eigenvalue weighted by molar-refractivity contribution is -0.132. The van der Waals surface area contributed by atoms with Gasteiger partial charge in [-0.2, -0.15) is 0 Å². The fourth-order valence-corrected chi connectivity index (χ4v) is 3.04. The second kappa shape index (κ2) is 8.29. The molecule has 6 nitrogen and oxygen atoms in total. The number of hydrogen-bond donors (Lipinski definition) is 4. The number of hydrogen-bond acceptors (Lipinski definition) is 4. The number of benzene rings is 1. The van der Waals surface area contributed by atoms with Gasteiger partial charge in [-0.25, -0.2) is 0 Å². The fourth-order valence-electron chi connectivity index (χ4n) is 2.85. The van der Waals surface area contributed by atoms with Crippen molar-refractivity contribution in [3.05, 3.63) is 34.9 Å². The molecule has 2 amide bonds. The summed E-state index contributed by atoms with van der Waals surface area (Å²) < 4.78 is 0. The maximum absolute atomic E-state index is 11.9. The monoisotopic (exact) mass is 339 g/mol. The molecule has 0 spiro atoms. The Labute approximate surface area is 140 Å². The second-order valence-electron chi connectivity index (χ2n) is 5.87. The van der Waals surface area contributed by atoms with Gasteiger partial charge in [-0.15, -0.1) is 0 Å². The van der Waals surface area contributed by atoms with Crippen LogP contribution in [0.4, 0.5) is 0 Å². The van der Waals surface area contributed by atoms with Crippen LogP contribution in [0.1, 0.15) is 42.5 Å². The third-order valence-electron chi connectivity index (χ3n) is 4.21. The summed E-state index contributed by atoms with van der Waals surface area (Å²) in [6, 6.07) is 5.69. The largest absolute Gasteiger partial charge is 0.382 e. The maximum atomic E-state index is 11.9. The van der Waals surface area contributed by atoms with Gasteiger partial charge in [-0.05, 0) is 37.0 Å². The molecule has 1 aromatic rings. The SMILES string of the molecule is N[C@H](C1CCCCC1)[C@H](O)C(=O)NNC(=O)c1cccc(Cl)c1. The number of amides is 2. The molecule has 0 unspecified atom stereocenters. The molecule has 0 bridgehead atoms. The van der Waals surface area contributed by atoms with Gasteiger partial charge in [-0.3, -0.25) is 20.4 Å². The van der Waals surface area contributed by atoms with Crippen molar-refractivity contribution in [2.75, 3.05) is 0 Å². The van der Waals surface area contributed by atoms with E-state index in [-0.39, 0.29) is 5.92 Å². The number of halogens is 1. The van der Waals surface area contributed by atoms with Gasteiger partial charge >= 0.3 is 0 Å². The van der Waals surface area contributed by atoms with Crippen molar-refractivity contribution in [1.29, 1.82) is 0 Å². The summed E-state index contributed by atoms with van der Waals surface area (Å²) in [7, 11) is 0. The zero-order valence-corrected chi connectivity index (χ0v) is 13.6. The third-order valence-corrected chi connectivity index (χ3v) is 4.45. The summed E-state index contributed by atoms with van der Waals surface area (Å²) in [5.74, 6) is -1.09. The van der Waals surface area contributed by atoms with Crippen LogP contribution < -0.4 is 16.6 Å². The molecule has 0 heterocycles. The zero-order valence-electron chi connectivity index (χ0n) is 12.8. The smallest absolute Gasteiger partial charge is 0.269 e. The molecule has 2 rings (SSSR count). The number of rotatable bonds is 4. The molecule has 1 fully saturated rings. The van der Waals surface area contributed by atoms with Crippen LogP contribution in [0.5, 0.6) is 0 Å². The number of aliphatic hydroxyl groups excluding tert-OH is 1. The first-order chi connectivity index (χ1) is 11.0. The number of nitrogens with two attached hydrogens (primary N) is 1. The van der Waals surface area contributed by atoms with Gasteiger partial charge in [0.15, 0.2) is 0 Å². The van der Waals surface area contributed by atoms with Crippen LogP contribution in [-0.2, 0) is 4.79 Å². The summed E-state index contributed by atoms with van der Waals surface area (Å²) in [6.45, 7) is 0. The Morgan fingerprint density at radius 3 is 2.57 bits per heavy atom. The minimum Gasteiger partial charge on any atom is -0.382 e. The topological polar surface area (TPSA) is 104 Å². The average molecular weight is 340 g/mol. The van der Waals surface area contributed by atoms with Crippen molar-refractivity contribution in [3.8, 4) is 0 Å². The first kappa shape index (κ1) is 17.7. The number of carbonyl (C=O) groups is 2. The molecule has 0 radical (unpaired) electrons. The molecule has 0 aliphatic heterocycles. The minimum atomic E-state index is -1.35. The predicted molar refractivity (Wildman–Crippen MR) is 87.6 cm³/mol. The second-order valence-corrected chi connectivity index (χ2v) is 6.31. The molecule has 23 heavy (non-hydrogen) atoms. The molecule has 2 atom stereocenters. The molecular formula is C16H22ClN3O3. The third kappa shape index (κ3) is 4.92. The highest BCUT2D eigenvalue weighted by Gasteiger charge is 2.30. The highest BCUT2D eigenvalue weighted by atomic mass is 35.5. The van der Waals surface area contributed by atoms with E-state index in [9.17, 15) is 14.7 Å². The Balaban J connectivity index is 1.84. The number of nitrogens with one attached hydrogen (secondary N) is 2. The summed E-state index contributed by atoms with van der Waals surface area (Å²) in [4.78, 5) is 23.8. The van der Waals surface area contributed by atoms with Crippen molar-refractivity contribution in [1.82, 2.24) is 10.9 Å². The van der Waals surface area contributed by atoms with Gasteiger partial charge < -0.3 is 10.8 Å². The summed E-state index contributed by atoms with van der Waals surface area (Å²) in [5.41, 5.74) is 10.8. The average Bonchev–Trinajstić information content (AvgIpc) is 2.58. The van der Waals surface area contributed by atoms with Gasteiger partial charge in [0.05, 0.1) is 0 Å². The van der Waals surface area contributed by atoms with Crippen LogP contribution >= 0.6 is 11.6 Å². The maximum Gasteiger partial charge on any atom is 0.269 e. The molecule has 5 N–H and O–H groups in total. The molecule has 126 valence electrons. The standard InChI is InChI=1S/C16H22ClN3O3/c17-12-8-4-7-11(9-12)15(22)19-20-16(23)14(21)13(18)10-5-2-1-3-6-10/h4,7-10,13-14,21H,1-3,5-6,18H2,(H,19,22)(H,20,23)/t13-,14+/m1/s1. The first-order valence-corrected chi connectivity index (χ1v) is 8.16. The lowest BCUT2D eigenvalue weighted by atomic mass is 9.82. The summed E-state index contributed by atoms with van der Waals surface area (Å²) in [6.07, 6.45) is 3.79. The minimum absolute atomic E-state index is 0.133. The normalized spacial score (nSPS) is 18.0. The molecule has 1 aromatic carbocycles. The highest BCUT2D eigenvalue weighted by molar-refractivity contribution is 6.30. The van der Waals surface area contributed by atoms with Gasteiger partial charge in [0.25, 0.3) is 11.8 Å². The molecular weight excluding hydrogens is 318 g/mol. The summed E-state index contributed by atoms with van der Waals surface area (Å²) >= 11 is 5.81. The van der Waals surface area contributed by atoms with Gasteiger partial charge in [0.2, 0.25) is 0 Å². The first-order valence-electron chi connectivity index (χ1n) is 7.78. The van der Waals surface area contributed by atoms with Crippen LogP contribution in [0.15, 0.2) is 24.3 Å². The van der Waals surface area contributed by atoms with E-state index in [2.05, 4.69) is 10.9 Å². The van der Waals surface area contributed by atoms with E-state index < -0.39 is 24.0 Å². The van der Waals surface area contributed by atoms with E-state index in [4.69, 9.17) is 17.3 Å². The fraction of sp³-hybridized carbons (Fsp3) is 0.500. The van der Waals surface area contributed by atoms with E-state index in [0.717, 1.165) is 25.7 Å². The molecule has 0 saturated heterocycles. The number of carbonyl (C=O) groups excluding carboxylic acids is 2. The van der Waals surface area contributed by atoms with Crippen molar-refractivity contribution in [2.24, 2.45) is 11.7 Å². The van der Waals surface area contributed by atoms with Crippen LogP contribution in [-0.4, -0.2) is 29.1 Å². The van der Waals surface area contributed by atoms with Crippen LogP contribution in [0, 0.1) is 5.92 Å². The van der Waals surface area contributed by atoms with Crippen molar-refractivity contribution in [3.63, 3.8) is 0 Å². The molecule has 1 saturated carbocycles. The molecule has 0 aromatic heterocycles. The highest BCUT2D eigenvalue weighted by Crippen LogP contribution is 2.26. The Kier molecular flexibility index (Phi) is 6.38. The predicted octanol–water partition coefficient (Wildman–Crippen LogP) is 1.37.